The van der Waals surface area contributed by atoms with Gasteiger partial charge < -0.3 is 14.6 Å². The average Bonchev–Trinajstić information content (AvgIpc) is 2.71. The lowest BCUT2D eigenvalue weighted by molar-refractivity contribution is -0.116. The van der Waals surface area contributed by atoms with Crippen molar-refractivity contribution >= 4 is 22.8 Å². The first-order valence-electron chi connectivity index (χ1n) is 8.80. The van der Waals surface area contributed by atoms with Gasteiger partial charge in [0.25, 0.3) is 5.56 Å². The standard InChI is InChI=1S/C21H21N3O4/c1-23-14-16(20(26)24(2)21(23)27)10-11-19(25)22-12-13-28-18-9-5-7-15-6-3-4-8-17(15)18/h3-11,14H,12-13H2,1-2H3,(H,22,25)/b11-10-. The van der Waals surface area contributed by atoms with Gasteiger partial charge in [0.1, 0.15) is 12.4 Å². The number of fused-ring (bicyclic) bond motifs is 1. The molecule has 0 aliphatic rings. The maximum atomic E-state index is 12.0. The van der Waals surface area contributed by atoms with Crippen molar-refractivity contribution in [1.82, 2.24) is 14.5 Å². The van der Waals surface area contributed by atoms with E-state index in [4.69, 9.17) is 4.74 Å². The second kappa shape index (κ2) is 8.39. The molecule has 1 heterocycles. The Bertz CT molecular complexity index is 1150. The molecule has 28 heavy (non-hydrogen) atoms. The van der Waals surface area contributed by atoms with Crippen LogP contribution < -0.4 is 21.3 Å². The van der Waals surface area contributed by atoms with Gasteiger partial charge in [0.15, 0.2) is 0 Å². The summed E-state index contributed by atoms with van der Waals surface area (Å²) in [5.74, 6) is 0.411. The van der Waals surface area contributed by atoms with Crippen LogP contribution >= 0.6 is 0 Å². The first-order valence-corrected chi connectivity index (χ1v) is 8.80. The molecule has 144 valence electrons. The van der Waals surface area contributed by atoms with Crippen LogP contribution in [-0.4, -0.2) is 28.2 Å². The topological polar surface area (TPSA) is 82.3 Å². The summed E-state index contributed by atoms with van der Waals surface area (Å²) < 4.78 is 8.05. The third-order valence-corrected chi connectivity index (χ3v) is 4.30. The Morgan fingerprint density at radius 1 is 1.11 bits per heavy atom. The largest absolute Gasteiger partial charge is 0.491 e. The van der Waals surface area contributed by atoms with Gasteiger partial charge in [-0.25, -0.2) is 4.79 Å². The minimum atomic E-state index is -0.452. The van der Waals surface area contributed by atoms with Gasteiger partial charge >= 0.3 is 5.69 Å². The van der Waals surface area contributed by atoms with Crippen molar-refractivity contribution in [2.75, 3.05) is 13.2 Å². The van der Waals surface area contributed by atoms with E-state index in [9.17, 15) is 14.4 Å². The van der Waals surface area contributed by atoms with E-state index < -0.39 is 11.2 Å². The fraction of sp³-hybridized carbons (Fsp3) is 0.190. The van der Waals surface area contributed by atoms with Crippen LogP contribution in [0.5, 0.6) is 5.75 Å². The number of hydrogen-bond donors (Lipinski definition) is 1. The third kappa shape index (κ3) is 4.20. The lowest BCUT2D eigenvalue weighted by atomic mass is 10.1. The predicted octanol–water partition coefficient (Wildman–Crippen LogP) is 1.45. The number of aryl methyl sites for hydroxylation is 1. The maximum absolute atomic E-state index is 12.0. The van der Waals surface area contributed by atoms with Crippen molar-refractivity contribution in [3.05, 3.63) is 81.1 Å². The normalized spacial score (nSPS) is 11.1. The molecule has 2 aromatic carbocycles. The average molecular weight is 379 g/mol. The Morgan fingerprint density at radius 3 is 2.68 bits per heavy atom. The summed E-state index contributed by atoms with van der Waals surface area (Å²) in [5, 5.41) is 4.81. The van der Waals surface area contributed by atoms with Gasteiger partial charge in [0, 0.05) is 31.8 Å². The first-order chi connectivity index (χ1) is 13.5. The zero-order valence-corrected chi connectivity index (χ0v) is 15.7. The van der Waals surface area contributed by atoms with Gasteiger partial charge in [0.2, 0.25) is 5.91 Å². The molecule has 0 spiro atoms. The molecule has 7 nitrogen and oxygen atoms in total. The fourth-order valence-electron chi connectivity index (χ4n) is 2.83. The molecule has 1 N–H and O–H groups in total. The van der Waals surface area contributed by atoms with Gasteiger partial charge in [-0.2, -0.15) is 0 Å². The number of carbonyl (C=O) groups is 1. The monoisotopic (exact) mass is 379 g/mol. The second-order valence-corrected chi connectivity index (χ2v) is 6.29. The highest BCUT2D eigenvalue weighted by Gasteiger charge is 2.05. The summed E-state index contributed by atoms with van der Waals surface area (Å²) in [5.41, 5.74) is -0.615. The number of nitrogens with zero attached hydrogens (tertiary/aromatic N) is 2. The molecule has 1 aromatic heterocycles. The lowest BCUT2D eigenvalue weighted by Gasteiger charge is -2.09. The Kier molecular flexibility index (Phi) is 5.74. The summed E-state index contributed by atoms with van der Waals surface area (Å²) in [4.78, 5) is 35.6. The van der Waals surface area contributed by atoms with E-state index >= 15 is 0 Å². The molecule has 7 heteroatoms. The van der Waals surface area contributed by atoms with E-state index in [2.05, 4.69) is 5.32 Å². The van der Waals surface area contributed by atoms with Crippen molar-refractivity contribution in [3.63, 3.8) is 0 Å². The molecule has 0 unspecified atom stereocenters. The van der Waals surface area contributed by atoms with Crippen molar-refractivity contribution in [2.24, 2.45) is 14.1 Å². The van der Waals surface area contributed by atoms with E-state index in [0.717, 1.165) is 21.1 Å². The van der Waals surface area contributed by atoms with Crippen molar-refractivity contribution in [1.29, 1.82) is 0 Å². The van der Waals surface area contributed by atoms with Crippen molar-refractivity contribution < 1.29 is 9.53 Å². The van der Waals surface area contributed by atoms with Crippen LogP contribution in [0.25, 0.3) is 16.8 Å². The van der Waals surface area contributed by atoms with E-state index in [0.29, 0.717) is 13.2 Å². The molecular weight excluding hydrogens is 358 g/mol. The molecular formula is C21H21N3O4. The molecule has 0 aliphatic heterocycles. The number of rotatable bonds is 6. The van der Waals surface area contributed by atoms with Gasteiger partial charge in [-0.15, -0.1) is 0 Å². The number of amides is 1. The summed E-state index contributed by atoms with van der Waals surface area (Å²) >= 11 is 0. The lowest BCUT2D eigenvalue weighted by Crippen LogP contribution is -2.37. The van der Waals surface area contributed by atoms with Crippen LogP contribution in [-0.2, 0) is 18.9 Å². The second-order valence-electron chi connectivity index (χ2n) is 6.29. The van der Waals surface area contributed by atoms with Gasteiger partial charge in [-0.1, -0.05) is 36.4 Å². The zero-order chi connectivity index (χ0) is 20.1. The molecule has 1 amide bonds. The smallest absolute Gasteiger partial charge is 0.330 e. The van der Waals surface area contributed by atoms with Crippen LogP contribution in [0.2, 0.25) is 0 Å². The summed E-state index contributed by atoms with van der Waals surface area (Å²) in [7, 11) is 2.94. The number of carbonyl (C=O) groups excluding carboxylic acids is 1. The maximum Gasteiger partial charge on any atom is 0.330 e. The highest BCUT2D eigenvalue weighted by atomic mass is 16.5. The SMILES string of the molecule is Cn1cc(/C=C\C(=O)NCCOc2cccc3ccccc23)c(=O)n(C)c1=O. The molecule has 0 bridgehead atoms. The molecule has 3 aromatic rings. The quantitative estimate of drug-likeness (QED) is 0.519. The summed E-state index contributed by atoms with van der Waals surface area (Å²) in [6, 6.07) is 13.7. The van der Waals surface area contributed by atoms with Crippen LogP contribution in [0, 0.1) is 0 Å². The van der Waals surface area contributed by atoms with Gasteiger partial charge in [-0.3, -0.25) is 14.2 Å². The minimum absolute atomic E-state index is 0.256. The molecule has 0 fully saturated rings. The van der Waals surface area contributed by atoms with Crippen LogP contribution in [0.1, 0.15) is 5.56 Å². The number of aromatic nitrogens is 2. The van der Waals surface area contributed by atoms with E-state index in [1.807, 2.05) is 42.5 Å². The summed E-state index contributed by atoms with van der Waals surface area (Å²) in [6.45, 7) is 0.632. The molecule has 0 radical (unpaired) electrons. The zero-order valence-electron chi connectivity index (χ0n) is 15.7. The Balaban J connectivity index is 1.56. The van der Waals surface area contributed by atoms with E-state index in [1.54, 1.807) is 7.05 Å². The highest BCUT2D eigenvalue weighted by Crippen LogP contribution is 2.24. The molecule has 0 atom stereocenters. The molecule has 0 saturated heterocycles. The van der Waals surface area contributed by atoms with Crippen molar-refractivity contribution in [3.8, 4) is 5.75 Å². The molecule has 3 rings (SSSR count). The third-order valence-electron chi connectivity index (χ3n) is 4.30. The number of hydrogen-bond acceptors (Lipinski definition) is 4. The Morgan fingerprint density at radius 2 is 1.86 bits per heavy atom. The summed E-state index contributed by atoms with van der Waals surface area (Å²) in [6.07, 6.45) is 4.06. The van der Waals surface area contributed by atoms with Crippen molar-refractivity contribution in [2.45, 2.75) is 0 Å². The van der Waals surface area contributed by atoms with Gasteiger partial charge in [0.05, 0.1) is 12.1 Å². The first kappa shape index (κ1) is 19.2. The van der Waals surface area contributed by atoms with E-state index in [-0.39, 0.29) is 11.5 Å². The van der Waals surface area contributed by atoms with E-state index in [1.165, 1.54) is 30.0 Å². The Labute approximate surface area is 161 Å². The molecule has 0 aliphatic carbocycles. The fourth-order valence-corrected chi connectivity index (χ4v) is 2.83. The minimum Gasteiger partial charge on any atom is -0.491 e. The number of nitrogens with one attached hydrogen (secondary N) is 1. The van der Waals surface area contributed by atoms with Crippen LogP contribution in [0.4, 0.5) is 0 Å². The Hall–Kier alpha value is -3.61. The predicted molar refractivity (Wildman–Crippen MR) is 108 cm³/mol. The number of benzene rings is 2. The van der Waals surface area contributed by atoms with Crippen LogP contribution in [0.15, 0.2) is 64.3 Å². The van der Waals surface area contributed by atoms with Gasteiger partial charge in [-0.05, 0) is 17.5 Å². The highest BCUT2D eigenvalue weighted by molar-refractivity contribution is 5.91. The molecule has 0 saturated carbocycles. The number of ether oxygens (including phenoxy) is 1. The van der Waals surface area contributed by atoms with Crippen LogP contribution in [0.3, 0.4) is 0 Å².